The average molecular weight is 332 g/mol. The van der Waals surface area contributed by atoms with Crippen LogP contribution in [-0.4, -0.2) is 49.2 Å². The Morgan fingerprint density at radius 2 is 2.00 bits per heavy atom. The third-order valence-corrected chi connectivity index (χ3v) is 8.03. The number of aliphatic imine (C=N–C) groups is 1. The average Bonchev–Trinajstić information content (AvgIpc) is 3.28. The molecule has 0 aromatic rings. The molecule has 3 atom stereocenters. The summed E-state index contributed by atoms with van der Waals surface area (Å²) in [4.78, 5) is 7.49. The Hall–Kier alpha value is -0.770. The van der Waals surface area contributed by atoms with Gasteiger partial charge in [-0.15, -0.1) is 0 Å². The Morgan fingerprint density at radius 3 is 2.67 bits per heavy atom. The van der Waals surface area contributed by atoms with Gasteiger partial charge in [0, 0.05) is 43.6 Å². The summed E-state index contributed by atoms with van der Waals surface area (Å²) in [6.07, 6.45) is 13.0. The highest BCUT2D eigenvalue weighted by Crippen LogP contribution is 2.60. The van der Waals surface area contributed by atoms with Crippen molar-refractivity contribution in [3.8, 4) is 0 Å². The summed E-state index contributed by atoms with van der Waals surface area (Å²) >= 11 is 0. The molecule has 24 heavy (non-hydrogen) atoms. The standard InChI is InChI=1S/C20H33N3O/c1-2-21-18(23-12-11-19(14-23)7-5-8-19)22-16-15-6-13-24-17(15)20(16)9-3-4-10-20/h15-17H,2-14H2,1H3,(H,21,22). The van der Waals surface area contributed by atoms with Crippen LogP contribution in [0.25, 0.3) is 0 Å². The van der Waals surface area contributed by atoms with Crippen molar-refractivity contribution in [3.05, 3.63) is 0 Å². The Bertz CT molecular complexity index is 521. The minimum Gasteiger partial charge on any atom is -0.377 e. The molecule has 5 aliphatic rings. The predicted octanol–water partition coefficient (Wildman–Crippen LogP) is 3.18. The van der Waals surface area contributed by atoms with Crippen LogP contribution < -0.4 is 5.32 Å². The van der Waals surface area contributed by atoms with Gasteiger partial charge in [0.1, 0.15) is 0 Å². The summed E-state index contributed by atoms with van der Waals surface area (Å²) in [5.74, 6) is 1.94. The molecule has 0 aromatic carbocycles. The van der Waals surface area contributed by atoms with Gasteiger partial charge in [-0.2, -0.15) is 0 Å². The first kappa shape index (κ1) is 15.5. The van der Waals surface area contributed by atoms with Gasteiger partial charge in [0.05, 0.1) is 6.10 Å². The third-order valence-electron chi connectivity index (χ3n) is 8.03. The highest BCUT2D eigenvalue weighted by Gasteiger charge is 2.65. The van der Waals surface area contributed by atoms with E-state index in [4.69, 9.17) is 9.73 Å². The first-order valence-corrected chi connectivity index (χ1v) is 10.4. The lowest BCUT2D eigenvalue weighted by atomic mass is 9.54. The Kier molecular flexibility index (Phi) is 3.62. The second kappa shape index (κ2) is 5.62. The normalized spacial score (nSPS) is 39.1. The molecule has 4 heteroatoms. The lowest BCUT2D eigenvalue weighted by Crippen LogP contribution is -2.69. The highest BCUT2D eigenvalue weighted by molar-refractivity contribution is 5.81. The molecule has 0 amide bonds. The number of likely N-dealkylation sites (tertiary alicyclic amines) is 1. The molecule has 3 aliphatic carbocycles. The molecule has 2 spiro atoms. The molecule has 0 bridgehead atoms. The number of rotatable bonds is 2. The van der Waals surface area contributed by atoms with E-state index in [0.29, 0.717) is 23.0 Å². The lowest BCUT2D eigenvalue weighted by molar-refractivity contribution is -0.125. The molecule has 1 N–H and O–H groups in total. The second-order valence-corrected chi connectivity index (χ2v) is 9.13. The van der Waals surface area contributed by atoms with Crippen LogP contribution >= 0.6 is 0 Å². The number of fused-ring (bicyclic) bond motifs is 2. The Labute approximate surface area is 146 Å². The third kappa shape index (κ3) is 2.11. The number of ether oxygens (including phenoxy) is 1. The van der Waals surface area contributed by atoms with Crippen LogP contribution in [0.5, 0.6) is 0 Å². The summed E-state index contributed by atoms with van der Waals surface area (Å²) in [5.41, 5.74) is 1.06. The number of guanidine groups is 1. The van der Waals surface area contributed by atoms with Gasteiger partial charge in [0.2, 0.25) is 0 Å². The molecule has 5 rings (SSSR count). The summed E-state index contributed by atoms with van der Waals surface area (Å²) in [7, 11) is 0. The fraction of sp³-hybridized carbons (Fsp3) is 0.950. The molecule has 2 heterocycles. The minimum atomic E-state index is 0.420. The van der Waals surface area contributed by atoms with E-state index >= 15 is 0 Å². The quantitative estimate of drug-likeness (QED) is 0.624. The molecule has 0 aromatic heterocycles. The van der Waals surface area contributed by atoms with Crippen LogP contribution in [0.4, 0.5) is 0 Å². The maximum Gasteiger partial charge on any atom is 0.194 e. The Balaban J connectivity index is 1.33. The number of nitrogens with zero attached hydrogens (tertiary/aromatic N) is 2. The zero-order valence-corrected chi connectivity index (χ0v) is 15.2. The molecular weight excluding hydrogens is 298 g/mol. The van der Waals surface area contributed by atoms with E-state index < -0.39 is 0 Å². The van der Waals surface area contributed by atoms with Crippen molar-refractivity contribution in [2.24, 2.45) is 21.7 Å². The zero-order valence-electron chi connectivity index (χ0n) is 15.2. The molecular formula is C20H33N3O. The SMILES string of the molecule is CCN=C(NC1C2CCOC2C12CCCC2)N1CCC2(CCC2)C1. The van der Waals surface area contributed by atoms with E-state index in [0.717, 1.165) is 19.1 Å². The monoisotopic (exact) mass is 331 g/mol. The van der Waals surface area contributed by atoms with Crippen LogP contribution in [-0.2, 0) is 4.74 Å². The maximum atomic E-state index is 6.15. The molecule has 3 unspecified atom stereocenters. The second-order valence-electron chi connectivity index (χ2n) is 9.13. The number of hydrogen-bond acceptors (Lipinski definition) is 2. The van der Waals surface area contributed by atoms with E-state index in [9.17, 15) is 0 Å². The van der Waals surface area contributed by atoms with Gasteiger partial charge in [-0.25, -0.2) is 0 Å². The fourth-order valence-electron chi connectivity index (χ4n) is 6.63. The van der Waals surface area contributed by atoms with Gasteiger partial charge in [-0.05, 0) is 50.9 Å². The Morgan fingerprint density at radius 1 is 1.17 bits per heavy atom. The molecule has 2 aliphatic heterocycles. The predicted molar refractivity (Wildman–Crippen MR) is 96.1 cm³/mol. The smallest absolute Gasteiger partial charge is 0.194 e. The van der Waals surface area contributed by atoms with Crippen LogP contribution in [0.2, 0.25) is 0 Å². The first-order valence-electron chi connectivity index (χ1n) is 10.4. The van der Waals surface area contributed by atoms with E-state index in [1.807, 2.05) is 0 Å². The van der Waals surface area contributed by atoms with Gasteiger partial charge in [-0.3, -0.25) is 4.99 Å². The van der Waals surface area contributed by atoms with Crippen molar-refractivity contribution < 1.29 is 4.74 Å². The fourth-order valence-corrected chi connectivity index (χ4v) is 6.63. The number of hydrogen-bond donors (Lipinski definition) is 1. The van der Waals surface area contributed by atoms with Gasteiger partial charge in [0.15, 0.2) is 5.96 Å². The van der Waals surface area contributed by atoms with E-state index in [2.05, 4.69) is 17.1 Å². The van der Waals surface area contributed by atoms with E-state index in [1.54, 1.807) is 0 Å². The van der Waals surface area contributed by atoms with Gasteiger partial charge < -0.3 is 15.0 Å². The van der Waals surface area contributed by atoms with E-state index in [-0.39, 0.29) is 0 Å². The molecule has 5 fully saturated rings. The lowest BCUT2D eigenvalue weighted by Gasteiger charge is -2.57. The summed E-state index contributed by atoms with van der Waals surface area (Å²) in [6, 6.07) is 0.607. The molecule has 134 valence electrons. The van der Waals surface area contributed by atoms with Gasteiger partial charge in [-0.1, -0.05) is 19.3 Å². The van der Waals surface area contributed by atoms with Crippen molar-refractivity contribution >= 4 is 5.96 Å². The number of nitrogens with one attached hydrogen (secondary N) is 1. The van der Waals surface area contributed by atoms with Crippen molar-refractivity contribution in [1.82, 2.24) is 10.2 Å². The largest absolute Gasteiger partial charge is 0.377 e. The molecule has 0 radical (unpaired) electrons. The summed E-state index contributed by atoms with van der Waals surface area (Å²) in [5, 5.41) is 3.98. The topological polar surface area (TPSA) is 36.9 Å². The highest BCUT2D eigenvalue weighted by atomic mass is 16.5. The van der Waals surface area contributed by atoms with Crippen LogP contribution in [0.15, 0.2) is 4.99 Å². The summed E-state index contributed by atoms with van der Waals surface area (Å²) in [6.45, 7) is 6.47. The summed E-state index contributed by atoms with van der Waals surface area (Å²) < 4.78 is 6.15. The van der Waals surface area contributed by atoms with Crippen molar-refractivity contribution in [3.63, 3.8) is 0 Å². The molecule has 3 saturated carbocycles. The van der Waals surface area contributed by atoms with Gasteiger partial charge >= 0.3 is 0 Å². The molecule has 2 saturated heterocycles. The van der Waals surface area contributed by atoms with Crippen LogP contribution in [0, 0.1) is 16.7 Å². The van der Waals surface area contributed by atoms with Crippen LogP contribution in [0.3, 0.4) is 0 Å². The van der Waals surface area contributed by atoms with Gasteiger partial charge in [0.25, 0.3) is 0 Å². The zero-order chi connectivity index (χ0) is 16.2. The van der Waals surface area contributed by atoms with Crippen molar-refractivity contribution in [2.75, 3.05) is 26.2 Å². The van der Waals surface area contributed by atoms with Crippen molar-refractivity contribution in [2.45, 2.75) is 76.9 Å². The first-order chi connectivity index (χ1) is 11.8. The molecule has 4 nitrogen and oxygen atoms in total. The minimum absolute atomic E-state index is 0.420. The van der Waals surface area contributed by atoms with Crippen LogP contribution in [0.1, 0.15) is 64.7 Å². The maximum absolute atomic E-state index is 6.15. The van der Waals surface area contributed by atoms with E-state index in [1.165, 1.54) is 76.8 Å². The van der Waals surface area contributed by atoms with Crippen molar-refractivity contribution in [1.29, 1.82) is 0 Å².